The summed E-state index contributed by atoms with van der Waals surface area (Å²) >= 11 is 0. The molecule has 0 heterocycles. The van der Waals surface area contributed by atoms with Gasteiger partial charge in [0.15, 0.2) is 0 Å². The normalized spacial score (nSPS) is 44.6. The van der Waals surface area contributed by atoms with Gasteiger partial charge in [-0.3, -0.25) is 9.59 Å². The highest BCUT2D eigenvalue weighted by atomic mass is 16.5. The summed E-state index contributed by atoms with van der Waals surface area (Å²) in [7, 11) is 0. The number of fused-ring (bicyclic) bond motifs is 5. The van der Waals surface area contributed by atoms with Gasteiger partial charge in [0, 0.05) is 23.7 Å². The molecule has 6 atom stereocenters. The highest BCUT2D eigenvalue weighted by Crippen LogP contribution is 2.64. The van der Waals surface area contributed by atoms with Gasteiger partial charge in [0.25, 0.3) is 0 Å². The van der Waals surface area contributed by atoms with Gasteiger partial charge in [-0.1, -0.05) is 25.5 Å². The second-order valence-corrected chi connectivity index (χ2v) is 9.33. The lowest BCUT2D eigenvalue weighted by atomic mass is 9.47. The van der Waals surface area contributed by atoms with Crippen molar-refractivity contribution in [1.29, 1.82) is 0 Å². The number of Topliss-reactive ketones (excluding diaryl/α,β-unsaturated/α-hetero) is 1. The largest absolute Gasteiger partial charge is 0.465 e. The molecule has 0 amide bonds. The Hall–Kier alpha value is -1.16. The second kappa shape index (κ2) is 6.47. The molecule has 4 aliphatic carbocycles. The van der Waals surface area contributed by atoms with Crippen LogP contribution in [0.3, 0.4) is 0 Å². The third kappa shape index (κ3) is 2.59. The first-order valence-corrected chi connectivity index (χ1v) is 10.5. The number of aliphatic hydroxyl groups is 1. The lowest BCUT2D eigenvalue weighted by Crippen LogP contribution is -2.53. The molecule has 0 unspecified atom stereocenters. The van der Waals surface area contributed by atoms with E-state index in [1.807, 2.05) is 6.92 Å². The van der Waals surface area contributed by atoms with Crippen LogP contribution in [0.1, 0.15) is 71.6 Å². The standard InChI is InChI=1S/C22H32O4/c1-3-20(25)26-13-22-11-8-15(23)12-14(22)4-5-16-17-6-7-19(24)21(17,2)10-9-18(16)22/h4,15-18,23H,3,5-13H2,1-2H3/t15-,16-,17-,18-,21-,22+/m0/s1. The van der Waals surface area contributed by atoms with E-state index in [0.717, 1.165) is 44.9 Å². The van der Waals surface area contributed by atoms with Crippen molar-refractivity contribution in [2.75, 3.05) is 6.61 Å². The van der Waals surface area contributed by atoms with Crippen LogP contribution in [0.4, 0.5) is 0 Å². The molecular weight excluding hydrogens is 328 g/mol. The van der Waals surface area contributed by atoms with E-state index >= 15 is 0 Å². The molecule has 0 aromatic carbocycles. The Morgan fingerprint density at radius 3 is 2.85 bits per heavy atom. The van der Waals surface area contributed by atoms with Crippen LogP contribution in [0, 0.1) is 28.6 Å². The number of carbonyl (C=O) groups is 2. The third-order valence-corrected chi connectivity index (χ3v) is 8.29. The number of hydrogen-bond donors (Lipinski definition) is 1. The molecule has 0 aromatic rings. The molecule has 0 aliphatic heterocycles. The summed E-state index contributed by atoms with van der Waals surface area (Å²) in [6, 6.07) is 0. The van der Waals surface area contributed by atoms with Crippen molar-refractivity contribution in [2.45, 2.75) is 77.7 Å². The van der Waals surface area contributed by atoms with Crippen molar-refractivity contribution in [3.8, 4) is 0 Å². The Morgan fingerprint density at radius 2 is 2.08 bits per heavy atom. The quantitative estimate of drug-likeness (QED) is 0.614. The van der Waals surface area contributed by atoms with Crippen molar-refractivity contribution >= 4 is 11.8 Å². The summed E-state index contributed by atoms with van der Waals surface area (Å²) in [5.41, 5.74) is 1.07. The van der Waals surface area contributed by atoms with E-state index in [1.165, 1.54) is 5.57 Å². The number of allylic oxidation sites excluding steroid dienone is 1. The van der Waals surface area contributed by atoms with Gasteiger partial charge in [-0.15, -0.1) is 0 Å². The maximum absolute atomic E-state index is 12.5. The molecule has 4 rings (SSSR count). The minimum absolute atomic E-state index is 0.111. The molecule has 0 aromatic heterocycles. The van der Waals surface area contributed by atoms with E-state index in [0.29, 0.717) is 43.0 Å². The van der Waals surface area contributed by atoms with E-state index in [1.54, 1.807) is 0 Å². The van der Waals surface area contributed by atoms with Gasteiger partial charge in [-0.05, 0) is 62.7 Å². The SMILES string of the molecule is CCC(=O)OC[C@]12CC[C@H](O)CC1=CC[C@@H]1[C@@H]2CC[C@]2(C)C(=O)CC[C@@H]12. The zero-order chi connectivity index (χ0) is 18.5. The minimum Gasteiger partial charge on any atom is -0.465 e. The first-order chi connectivity index (χ1) is 12.4. The highest BCUT2D eigenvalue weighted by molar-refractivity contribution is 5.87. The number of esters is 1. The molecule has 3 saturated carbocycles. The molecule has 0 saturated heterocycles. The van der Waals surface area contributed by atoms with E-state index in [4.69, 9.17) is 4.74 Å². The lowest BCUT2D eigenvalue weighted by molar-refractivity contribution is -0.152. The summed E-state index contributed by atoms with van der Waals surface area (Å²) < 4.78 is 5.70. The van der Waals surface area contributed by atoms with Crippen LogP contribution in [0.15, 0.2) is 11.6 Å². The number of aliphatic hydroxyl groups excluding tert-OH is 1. The number of carbonyl (C=O) groups excluding carboxylic acids is 2. The van der Waals surface area contributed by atoms with Gasteiger partial charge in [0.1, 0.15) is 12.4 Å². The van der Waals surface area contributed by atoms with Crippen LogP contribution in [-0.2, 0) is 14.3 Å². The van der Waals surface area contributed by atoms with Gasteiger partial charge in [0.2, 0.25) is 0 Å². The summed E-state index contributed by atoms with van der Waals surface area (Å²) in [6.45, 7) is 4.48. The predicted molar refractivity (Wildman–Crippen MR) is 98.3 cm³/mol. The Labute approximate surface area is 156 Å². The zero-order valence-electron chi connectivity index (χ0n) is 16.1. The number of ether oxygens (including phenoxy) is 1. The Kier molecular flexibility index (Phi) is 4.53. The van der Waals surface area contributed by atoms with Gasteiger partial charge < -0.3 is 9.84 Å². The first kappa shape index (κ1) is 18.2. The molecule has 0 spiro atoms. The van der Waals surface area contributed by atoms with Crippen molar-refractivity contribution in [1.82, 2.24) is 0 Å². The average Bonchev–Trinajstić information content (AvgIpc) is 2.94. The summed E-state index contributed by atoms with van der Waals surface area (Å²) in [6.07, 6.45) is 9.65. The summed E-state index contributed by atoms with van der Waals surface area (Å²) in [5.74, 6) is 1.78. The predicted octanol–water partition coefficient (Wildman–Crippen LogP) is 3.81. The first-order valence-electron chi connectivity index (χ1n) is 10.5. The maximum atomic E-state index is 12.5. The van der Waals surface area contributed by atoms with Crippen molar-refractivity contribution in [3.05, 3.63) is 11.6 Å². The second-order valence-electron chi connectivity index (χ2n) is 9.33. The minimum atomic E-state index is -0.269. The number of hydrogen-bond acceptors (Lipinski definition) is 4. The molecule has 4 nitrogen and oxygen atoms in total. The molecular formula is C22H32O4. The summed E-state index contributed by atoms with van der Waals surface area (Å²) in [5, 5.41) is 10.2. The Bertz CT molecular complexity index is 638. The number of ketones is 1. The van der Waals surface area contributed by atoms with E-state index < -0.39 is 0 Å². The Balaban J connectivity index is 1.67. The van der Waals surface area contributed by atoms with Gasteiger partial charge in [-0.2, -0.15) is 0 Å². The van der Waals surface area contributed by atoms with Crippen molar-refractivity contribution in [3.63, 3.8) is 0 Å². The van der Waals surface area contributed by atoms with Crippen molar-refractivity contribution in [2.24, 2.45) is 28.6 Å². The highest BCUT2D eigenvalue weighted by Gasteiger charge is 2.60. The topological polar surface area (TPSA) is 63.6 Å². The van der Waals surface area contributed by atoms with Crippen molar-refractivity contribution < 1.29 is 19.4 Å². The molecule has 144 valence electrons. The van der Waals surface area contributed by atoms with Crippen LogP contribution in [-0.4, -0.2) is 29.6 Å². The lowest BCUT2D eigenvalue weighted by Gasteiger charge is -2.57. The van der Waals surface area contributed by atoms with Gasteiger partial charge >= 0.3 is 5.97 Å². The van der Waals surface area contributed by atoms with Crippen LogP contribution in [0.5, 0.6) is 0 Å². The molecule has 26 heavy (non-hydrogen) atoms. The molecule has 4 heteroatoms. The molecule has 3 fully saturated rings. The molecule has 1 N–H and O–H groups in total. The maximum Gasteiger partial charge on any atom is 0.305 e. The van der Waals surface area contributed by atoms with Crippen LogP contribution in [0.25, 0.3) is 0 Å². The Morgan fingerprint density at radius 1 is 1.27 bits per heavy atom. The average molecular weight is 360 g/mol. The smallest absolute Gasteiger partial charge is 0.305 e. The summed E-state index contributed by atoms with van der Waals surface area (Å²) in [4.78, 5) is 24.4. The fourth-order valence-electron chi connectivity index (χ4n) is 6.79. The van der Waals surface area contributed by atoms with E-state index in [-0.39, 0.29) is 22.9 Å². The van der Waals surface area contributed by atoms with Gasteiger partial charge in [-0.25, -0.2) is 0 Å². The monoisotopic (exact) mass is 360 g/mol. The molecule has 0 bridgehead atoms. The van der Waals surface area contributed by atoms with Crippen LogP contribution < -0.4 is 0 Å². The fourth-order valence-corrected chi connectivity index (χ4v) is 6.79. The number of rotatable bonds is 3. The van der Waals surface area contributed by atoms with Crippen LogP contribution >= 0.6 is 0 Å². The van der Waals surface area contributed by atoms with Crippen LogP contribution in [0.2, 0.25) is 0 Å². The molecule has 4 aliphatic rings. The fraction of sp³-hybridized carbons (Fsp3) is 0.818. The van der Waals surface area contributed by atoms with E-state index in [9.17, 15) is 14.7 Å². The zero-order valence-corrected chi connectivity index (χ0v) is 16.1. The molecule has 0 radical (unpaired) electrons. The third-order valence-electron chi connectivity index (χ3n) is 8.29. The van der Waals surface area contributed by atoms with E-state index in [2.05, 4.69) is 13.0 Å². The van der Waals surface area contributed by atoms with Gasteiger partial charge in [0.05, 0.1) is 6.10 Å².